The molecule has 0 fully saturated rings. The second-order valence-electron chi connectivity index (χ2n) is 10.4. The van der Waals surface area contributed by atoms with Crippen LogP contribution in [0.1, 0.15) is 45.6 Å². The number of unbranched alkanes of at least 4 members (excludes halogenated alkanes) is 1. The van der Waals surface area contributed by atoms with Crippen LogP contribution in [0.3, 0.4) is 0 Å². The van der Waals surface area contributed by atoms with Crippen LogP contribution in [0.15, 0.2) is 71.9 Å². The van der Waals surface area contributed by atoms with Crippen LogP contribution in [0.25, 0.3) is 11.6 Å². The second-order valence-corrected chi connectivity index (χ2v) is 12.1. The fourth-order valence-electron chi connectivity index (χ4n) is 3.88. The summed E-state index contributed by atoms with van der Waals surface area (Å²) in [6, 6.07) is 15.0. The Hall–Kier alpha value is -4.78. The van der Waals surface area contributed by atoms with E-state index in [0.29, 0.717) is 18.6 Å². The number of ether oxygens (including phenoxy) is 3. The van der Waals surface area contributed by atoms with Gasteiger partial charge in [-0.15, -0.1) is 0 Å². The number of anilines is 1. The summed E-state index contributed by atoms with van der Waals surface area (Å²) >= 11 is 0. The molecular weight excluding hydrogens is 574 g/mol. The van der Waals surface area contributed by atoms with Gasteiger partial charge in [-0.05, 0) is 54.2 Å². The van der Waals surface area contributed by atoms with E-state index in [-0.39, 0.29) is 58.2 Å². The molecule has 0 saturated heterocycles. The Balaban J connectivity index is 1.81. The highest BCUT2D eigenvalue weighted by Gasteiger charge is 2.26. The van der Waals surface area contributed by atoms with E-state index in [4.69, 9.17) is 19.3 Å². The molecule has 0 unspecified atom stereocenters. The third-order valence-corrected chi connectivity index (χ3v) is 7.52. The van der Waals surface area contributed by atoms with Gasteiger partial charge in [-0.2, -0.15) is 4.98 Å². The third-order valence-electron chi connectivity index (χ3n) is 6.17. The molecular formula is C30H33N5O7S. The molecule has 43 heavy (non-hydrogen) atoms. The molecule has 12 nitrogen and oxygen atoms in total. The number of carboxylic acids is 1. The maximum absolute atomic E-state index is 13.6. The van der Waals surface area contributed by atoms with Crippen molar-refractivity contribution in [1.29, 1.82) is 0 Å². The smallest absolute Gasteiger partial charge is 0.303 e. The normalized spacial score (nSPS) is 11.5. The Morgan fingerprint density at radius 1 is 0.907 bits per heavy atom. The summed E-state index contributed by atoms with van der Waals surface area (Å²) in [6.45, 7) is 6.18. The largest absolute Gasteiger partial charge is 0.493 e. The fourth-order valence-corrected chi connectivity index (χ4v) is 4.89. The first-order valence-electron chi connectivity index (χ1n) is 13.5. The molecule has 0 amide bonds. The number of hydrogen-bond donors (Lipinski definition) is 2. The Kier molecular flexibility index (Phi) is 9.76. The van der Waals surface area contributed by atoms with Gasteiger partial charge in [0.2, 0.25) is 11.6 Å². The number of nitrogens with one attached hydrogen (secondary N) is 1. The number of sulfonamides is 1. The first kappa shape index (κ1) is 31.2. The molecule has 13 heteroatoms. The van der Waals surface area contributed by atoms with Crippen LogP contribution in [0.2, 0.25) is 0 Å². The van der Waals surface area contributed by atoms with Crippen molar-refractivity contribution in [2.24, 2.45) is 0 Å². The Morgan fingerprint density at radius 3 is 2.21 bits per heavy atom. The standard InChI is InChI=1S/C30H33N5O7S/c1-30(2,3)20-13-15-21(16-14-20)43(38,39)35-26-25(42-23-11-6-5-10-22(23)40-4)29(41-19-8-7-12-24(36)37)34-28(33-26)27-31-17-9-18-32-27/h5-6,9-11,13-18H,7-8,12,19H2,1-4H3,(H,36,37)(H,33,34,35). The van der Waals surface area contributed by atoms with Crippen LogP contribution < -0.4 is 18.9 Å². The van der Waals surface area contributed by atoms with E-state index in [1.165, 1.54) is 31.6 Å². The van der Waals surface area contributed by atoms with Crippen LogP contribution in [0.4, 0.5) is 5.82 Å². The molecule has 2 heterocycles. The first-order valence-corrected chi connectivity index (χ1v) is 14.9. The number of hydrogen-bond acceptors (Lipinski definition) is 10. The predicted octanol–water partition coefficient (Wildman–Crippen LogP) is 5.47. The van der Waals surface area contributed by atoms with E-state index in [1.54, 1.807) is 42.5 Å². The van der Waals surface area contributed by atoms with Gasteiger partial charge in [0.15, 0.2) is 23.1 Å². The number of para-hydroxylation sites is 2. The minimum absolute atomic E-state index is 0.0102. The van der Waals surface area contributed by atoms with Gasteiger partial charge in [0.1, 0.15) is 0 Å². The third kappa shape index (κ3) is 8.16. The van der Waals surface area contributed by atoms with Crippen molar-refractivity contribution < 1.29 is 32.5 Å². The minimum atomic E-state index is -4.17. The zero-order valence-corrected chi connectivity index (χ0v) is 25.1. The first-order chi connectivity index (χ1) is 20.5. The van der Waals surface area contributed by atoms with Crippen LogP contribution >= 0.6 is 0 Å². The Morgan fingerprint density at radius 2 is 1.58 bits per heavy atom. The van der Waals surface area contributed by atoms with Crippen LogP contribution in [0, 0.1) is 0 Å². The molecule has 2 aromatic carbocycles. The van der Waals surface area contributed by atoms with Gasteiger partial charge in [-0.1, -0.05) is 45.0 Å². The highest BCUT2D eigenvalue weighted by Crippen LogP contribution is 2.41. The summed E-state index contributed by atoms with van der Waals surface area (Å²) in [7, 11) is -2.70. The van der Waals surface area contributed by atoms with Crippen LogP contribution in [0.5, 0.6) is 23.1 Å². The summed E-state index contributed by atoms with van der Waals surface area (Å²) in [5.41, 5.74) is 0.801. The summed E-state index contributed by atoms with van der Waals surface area (Å²) in [5.74, 6) is -0.634. The average Bonchev–Trinajstić information content (AvgIpc) is 2.98. The van der Waals surface area contributed by atoms with Gasteiger partial charge in [-0.25, -0.2) is 23.4 Å². The summed E-state index contributed by atoms with van der Waals surface area (Å²) in [5, 5.41) is 8.97. The number of benzene rings is 2. The fraction of sp³-hybridized carbons (Fsp3) is 0.300. The lowest BCUT2D eigenvalue weighted by Crippen LogP contribution is -2.17. The minimum Gasteiger partial charge on any atom is -0.493 e. The number of carbonyl (C=O) groups is 1. The van der Waals surface area contributed by atoms with E-state index in [2.05, 4.69) is 24.7 Å². The van der Waals surface area contributed by atoms with Crippen LogP contribution in [-0.2, 0) is 20.2 Å². The molecule has 4 rings (SSSR count). The molecule has 2 aromatic heterocycles. The molecule has 0 spiro atoms. The topological polar surface area (TPSA) is 163 Å². The van der Waals surface area contributed by atoms with Gasteiger partial charge in [0, 0.05) is 18.8 Å². The Labute approximate surface area is 250 Å². The molecule has 0 aliphatic rings. The van der Waals surface area contributed by atoms with Crippen molar-refractivity contribution in [2.45, 2.75) is 50.3 Å². The van der Waals surface area contributed by atoms with Crippen molar-refractivity contribution in [3.05, 3.63) is 72.6 Å². The Bertz CT molecular complexity index is 1660. The number of rotatable bonds is 13. The van der Waals surface area contributed by atoms with Crippen molar-refractivity contribution >= 4 is 21.8 Å². The van der Waals surface area contributed by atoms with Crippen molar-refractivity contribution in [3.8, 4) is 34.8 Å². The van der Waals surface area contributed by atoms with E-state index in [9.17, 15) is 13.2 Å². The maximum Gasteiger partial charge on any atom is 0.303 e. The lowest BCUT2D eigenvalue weighted by molar-refractivity contribution is -0.137. The molecule has 0 atom stereocenters. The van der Waals surface area contributed by atoms with Crippen molar-refractivity contribution in [3.63, 3.8) is 0 Å². The van der Waals surface area contributed by atoms with Gasteiger partial charge >= 0.3 is 5.97 Å². The molecule has 0 bridgehead atoms. The molecule has 0 aliphatic carbocycles. The molecule has 226 valence electrons. The molecule has 0 saturated carbocycles. The summed E-state index contributed by atoms with van der Waals surface area (Å²) in [6.07, 6.45) is 3.72. The van der Waals surface area contributed by atoms with E-state index < -0.39 is 16.0 Å². The lowest BCUT2D eigenvalue weighted by Gasteiger charge is -2.20. The quantitative estimate of drug-likeness (QED) is 0.185. The maximum atomic E-state index is 13.6. The predicted molar refractivity (Wildman–Crippen MR) is 159 cm³/mol. The SMILES string of the molecule is COc1ccccc1Oc1c(NS(=O)(=O)c2ccc(C(C)(C)C)cc2)nc(-c2ncccn2)nc1OCCCCC(=O)O. The van der Waals surface area contributed by atoms with Gasteiger partial charge in [0.05, 0.1) is 18.6 Å². The number of aliphatic carboxylic acids is 1. The number of nitrogens with zero attached hydrogens (tertiary/aromatic N) is 4. The van der Waals surface area contributed by atoms with Crippen molar-refractivity contribution in [1.82, 2.24) is 19.9 Å². The number of methoxy groups -OCH3 is 1. The molecule has 4 aromatic rings. The highest BCUT2D eigenvalue weighted by molar-refractivity contribution is 7.92. The zero-order valence-electron chi connectivity index (χ0n) is 24.3. The average molecular weight is 608 g/mol. The van der Waals surface area contributed by atoms with Gasteiger partial charge in [-0.3, -0.25) is 9.52 Å². The van der Waals surface area contributed by atoms with E-state index in [0.717, 1.165) is 5.56 Å². The second kappa shape index (κ2) is 13.5. The van der Waals surface area contributed by atoms with Gasteiger partial charge in [0.25, 0.3) is 15.9 Å². The molecule has 0 aliphatic heterocycles. The monoisotopic (exact) mass is 607 g/mol. The van der Waals surface area contributed by atoms with E-state index >= 15 is 0 Å². The van der Waals surface area contributed by atoms with Crippen molar-refractivity contribution in [2.75, 3.05) is 18.4 Å². The zero-order chi connectivity index (χ0) is 31.0. The highest BCUT2D eigenvalue weighted by atomic mass is 32.2. The molecule has 2 N–H and O–H groups in total. The van der Waals surface area contributed by atoms with E-state index in [1.807, 2.05) is 20.8 Å². The number of carboxylic acid groups (broad SMARTS) is 1. The van der Waals surface area contributed by atoms with Gasteiger partial charge < -0.3 is 19.3 Å². The summed E-state index contributed by atoms with van der Waals surface area (Å²) < 4.78 is 47.3. The molecule has 0 radical (unpaired) electrons. The lowest BCUT2D eigenvalue weighted by atomic mass is 9.87. The number of aromatic nitrogens is 4. The van der Waals surface area contributed by atoms with Crippen LogP contribution in [-0.4, -0.2) is 53.1 Å². The summed E-state index contributed by atoms with van der Waals surface area (Å²) in [4.78, 5) is 28.2.